The number of carboxylic acids is 1. The fourth-order valence-corrected chi connectivity index (χ4v) is 2.62. The number of urea groups is 1. The van der Waals surface area contributed by atoms with Crippen LogP contribution in [0.2, 0.25) is 0 Å². The van der Waals surface area contributed by atoms with Crippen LogP contribution in [-0.4, -0.2) is 64.5 Å². The molecule has 0 aromatic carbocycles. The van der Waals surface area contributed by atoms with Gasteiger partial charge in [-0.3, -0.25) is 4.79 Å². The molecule has 2 heterocycles. The van der Waals surface area contributed by atoms with Gasteiger partial charge in [-0.25, -0.2) is 9.59 Å². The van der Waals surface area contributed by atoms with Crippen molar-refractivity contribution in [2.24, 2.45) is 0 Å². The van der Waals surface area contributed by atoms with Gasteiger partial charge in [-0.2, -0.15) is 0 Å². The van der Waals surface area contributed by atoms with Crippen LogP contribution in [-0.2, 0) is 9.59 Å². The first-order chi connectivity index (χ1) is 8.95. The molecule has 0 aromatic heterocycles. The van der Waals surface area contributed by atoms with E-state index in [0.29, 0.717) is 39.0 Å². The third kappa shape index (κ3) is 2.50. The molecule has 2 aliphatic rings. The van der Waals surface area contributed by atoms with E-state index in [2.05, 4.69) is 5.32 Å². The quantitative estimate of drug-likeness (QED) is 0.693. The molecule has 0 saturated carbocycles. The van der Waals surface area contributed by atoms with E-state index in [4.69, 9.17) is 0 Å². The maximum Gasteiger partial charge on any atom is 0.329 e. The number of nitrogens with zero attached hydrogens (tertiary/aromatic N) is 2. The van der Waals surface area contributed by atoms with Gasteiger partial charge in [0.25, 0.3) is 0 Å². The largest absolute Gasteiger partial charge is 0.480 e. The average molecular weight is 269 g/mol. The highest BCUT2D eigenvalue weighted by atomic mass is 16.4. The molecule has 0 aliphatic carbocycles. The molecule has 7 nitrogen and oxygen atoms in total. The molecule has 0 bridgehead atoms. The van der Waals surface area contributed by atoms with Gasteiger partial charge in [-0.1, -0.05) is 0 Å². The van der Waals surface area contributed by atoms with Gasteiger partial charge in [0, 0.05) is 32.6 Å². The zero-order valence-electron chi connectivity index (χ0n) is 11.0. The van der Waals surface area contributed by atoms with Gasteiger partial charge in [-0.15, -0.1) is 0 Å². The average Bonchev–Trinajstić information content (AvgIpc) is 2.63. The Kier molecular flexibility index (Phi) is 3.64. The van der Waals surface area contributed by atoms with Crippen LogP contribution in [0.4, 0.5) is 4.79 Å². The molecule has 2 N–H and O–H groups in total. The summed E-state index contributed by atoms with van der Waals surface area (Å²) in [5.41, 5.74) is -1.12. The second kappa shape index (κ2) is 5.07. The van der Waals surface area contributed by atoms with Crippen molar-refractivity contribution < 1.29 is 19.5 Å². The predicted octanol–water partition coefficient (Wildman–Crippen LogP) is -0.133. The molecule has 0 spiro atoms. The number of amides is 3. The van der Waals surface area contributed by atoms with Gasteiger partial charge >= 0.3 is 12.0 Å². The Bertz CT molecular complexity index is 412. The van der Waals surface area contributed by atoms with Crippen LogP contribution in [0.1, 0.15) is 26.2 Å². The van der Waals surface area contributed by atoms with Crippen LogP contribution in [0.25, 0.3) is 0 Å². The van der Waals surface area contributed by atoms with Crippen LogP contribution < -0.4 is 5.32 Å². The highest BCUT2D eigenvalue weighted by Gasteiger charge is 2.47. The first-order valence-electron chi connectivity index (χ1n) is 6.52. The Balaban J connectivity index is 2.10. The maximum atomic E-state index is 12.4. The minimum Gasteiger partial charge on any atom is -0.480 e. The SMILES string of the molecule is CC1(C(=O)O)CCCN1C(=O)N1CCNC(=O)CC1. The minimum absolute atomic E-state index is 0.0716. The summed E-state index contributed by atoms with van der Waals surface area (Å²) in [4.78, 5) is 38.0. The van der Waals surface area contributed by atoms with Crippen molar-refractivity contribution in [1.82, 2.24) is 15.1 Å². The third-order valence-corrected chi connectivity index (χ3v) is 3.92. The standard InChI is InChI=1S/C12H19N3O4/c1-12(10(17)18)4-2-6-15(12)11(19)14-7-3-9(16)13-5-8-14/h2-8H2,1H3,(H,13,16)(H,17,18). The second-order valence-corrected chi connectivity index (χ2v) is 5.20. The Morgan fingerprint density at radius 2 is 2.05 bits per heavy atom. The number of carbonyl (C=O) groups is 3. The predicted molar refractivity (Wildman–Crippen MR) is 66.6 cm³/mol. The normalized spacial score (nSPS) is 27.9. The first kappa shape index (κ1) is 13.6. The van der Waals surface area contributed by atoms with Crippen molar-refractivity contribution in [3.05, 3.63) is 0 Å². The summed E-state index contributed by atoms with van der Waals surface area (Å²) in [5.74, 6) is -1.04. The lowest BCUT2D eigenvalue weighted by atomic mass is 10.00. The number of likely N-dealkylation sites (tertiary alicyclic amines) is 1. The molecular formula is C12H19N3O4. The monoisotopic (exact) mass is 269 g/mol. The zero-order valence-corrected chi connectivity index (χ0v) is 11.0. The Hall–Kier alpha value is -1.79. The lowest BCUT2D eigenvalue weighted by Crippen LogP contribution is -2.55. The molecule has 7 heteroatoms. The van der Waals surface area contributed by atoms with Crippen molar-refractivity contribution in [1.29, 1.82) is 0 Å². The lowest BCUT2D eigenvalue weighted by Gasteiger charge is -2.35. The van der Waals surface area contributed by atoms with E-state index in [1.54, 1.807) is 11.8 Å². The fraction of sp³-hybridized carbons (Fsp3) is 0.750. The summed E-state index contributed by atoms with van der Waals surface area (Å²) in [5, 5.41) is 12.0. The van der Waals surface area contributed by atoms with E-state index >= 15 is 0 Å². The summed E-state index contributed by atoms with van der Waals surface area (Å²) in [6, 6.07) is -0.279. The molecule has 1 atom stereocenters. The van der Waals surface area contributed by atoms with E-state index in [9.17, 15) is 19.5 Å². The first-order valence-corrected chi connectivity index (χ1v) is 6.52. The van der Waals surface area contributed by atoms with Gasteiger partial charge in [0.05, 0.1) is 0 Å². The summed E-state index contributed by atoms with van der Waals surface area (Å²) in [6.45, 7) is 3.23. The number of hydrogen-bond acceptors (Lipinski definition) is 3. The third-order valence-electron chi connectivity index (χ3n) is 3.92. The summed E-state index contributed by atoms with van der Waals surface area (Å²) < 4.78 is 0. The molecule has 3 amide bonds. The highest BCUT2D eigenvalue weighted by Crippen LogP contribution is 2.30. The Labute approximate surface area is 111 Å². The Morgan fingerprint density at radius 1 is 1.32 bits per heavy atom. The fourth-order valence-electron chi connectivity index (χ4n) is 2.62. The molecule has 2 fully saturated rings. The zero-order chi connectivity index (χ0) is 14.0. The molecule has 106 valence electrons. The molecule has 0 radical (unpaired) electrons. The van der Waals surface area contributed by atoms with Crippen molar-refractivity contribution in [3.8, 4) is 0 Å². The van der Waals surface area contributed by atoms with Crippen LogP contribution in [0, 0.1) is 0 Å². The van der Waals surface area contributed by atoms with Gasteiger partial charge in [0.15, 0.2) is 0 Å². The van der Waals surface area contributed by atoms with Crippen LogP contribution >= 0.6 is 0 Å². The molecule has 1 unspecified atom stereocenters. The van der Waals surface area contributed by atoms with Gasteiger partial charge in [0.1, 0.15) is 5.54 Å². The summed E-state index contributed by atoms with van der Waals surface area (Å²) in [7, 11) is 0. The highest BCUT2D eigenvalue weighted by molar-refractivity contribution is 5.87. The maximum absolute atomic E-state index is 12.4. The minimum atomic E-state index is -1.12. The number of aliphatic carboxylic acids is 1. The number of rotatable bonds is 1. The number of nitrogens with one attached hydrogen (secondary N) is 1. The molecule has 2 rings (SSSR count). The van der Waals surface area contributed by atoms with Crippen molar-refractivity contribution in [2.45, 2.75) is 31.7 Å². The molecule has 2 saturated heterocycles. The molecule has 19 heavy (non-hydrogen) atoms. The van der Waals surface area contributed by atoms with Crippen molar-refractivity contribution in [3.63, 3.8) is 0 Å². The van der Waals surface area contributed by atoms with E-state index in [1.165, 1.54) is 4.90 Å². The number of hydrogen-bond donors (Lipinski definition) is 2. The topological polar surface area (TPSA) is 89.9 Å². The van der Waals surface area contributed by atoms with Crippen molar-refractivity contribution in [2.75, 3.05) is 26.2 Å². The lowest BCUT2D eigenvalue weighted by molar-refractivity contribution is -0.147. The Morgan fingerprint density at radius 3 is 2.74 bits per heavy atom. The van der Waals surface area contributed by atoms with Crippen LogP contribution in [0.15, 0.2) is 0 Å². The van der Waals surface area contributed by atoms with Crippen LogP contribution in [0.5, 0.6) is 0 Å². The number of carboxylic acid groups (broad SMARTS) is 1. The van der Waals surface area contributed by atoms with E-state index in [1.807, 2.05) is 0 Å². The number of carbonyl (C=O) groups excluding carboxylic acids is 2. The van der Waals surface area contributed by atoms with E-state index in [0.717, 1.165) is 0 Å². The van der Waals surface area contributed by atoms with Gasteiger partial charge < -0.3 is 20.2 Å². The van der Waals surface area contributed by atoms with Crippen LogP contribution in [0.3, 0.4) is 0 Å². The van der Waals surface area contributed by atoms with Gasteiger partial charge in [-0.05, 0) is 19.8 Å². The van der Waals surface area contributed by atoms with E-state index < -0.39 is 11.5 Å². The second-order valence-electron chi connectivity index (χ2n) is 5.20. The van der Waals surface area contributed by atoms with E-state index in [-0.39, 0.29) is 18.4 Å². The van der Waals surface area contributed by atoms with Gasteiger partial charge in [0.2, 0.25) is 5.91 Å². The molecular weight excluding hydrogens is 250 g/mol. The summed E-state index contributed by atoms with van der Waals surface area (Å²) >= 11 is 0. The molecule has 0 aromatic rings. The smallest absolute Gasteiger partial charge is 0.329 e. The van der Waals surface area contributed by atoms with Crippen molar-refractivity contribution >= 4 is 17.9 Å². The molecule has 2 aliphatic heterocycles. The summed E-state index contributed by atoms with van der Waals surface area (Å²) in [6.07, 6.45) is 1.43.